The van der Waals surface area contributed by atoms with E-state index >= 15 is 0 Å². The van der Waals surface area contributed by atoms with Crippen molar-refractivity contribution in [1.29, 1.82) is 0 Å². The Hall–Kier alpha value is -8.60. The van der Waals surface area contributed by atoms with Crippen LogP contribution in [0.15, 0.2) is 237 Å². The molecule has 0 aliphatic heterocycles. The summed E-state index contributed by atoms with van der Waals surface area (Å²) in [5.41, 5.74) is 18.4. The van der Waals surface area contributed by atoms with Crippen LogP contribution in [-0.2, 0) is 5.41 Å². The van der Waals surface area contributed by atoms with E-state index in [4.69, 9.17) is 15.0 Å². The second-order valence-electron chi connectivity index (χ2n) is 17.4. The SMILES string of the molecule is c1ccc(-c2nc(-c3ccccc3)nc(-c3cc(-c4ccncc4)cc(-c4cccc(-c5ccc6c(c5)C5(c7ccc8ccccc8c7)c7ccccc7C6c6ccccc65)c4)c3)n2)cc1. The monoisotopic (exact) mass is 840 g/mol. The summed E-state index contributed by atoms with van der Waals surface area (Å²) in [7, 11) is 0. The van der Waals surface area contributed by atoms with Crippen molar-refractivity contribution in [2.75, 3.05) is 0 Å². The average Bonchev–Trinajstić information content (AvgIpc) is 3.41. The number of hydrogen-bond donors (Lipinski definition) is 0. The first-order valence-corrected chi connectivity index (χ1v) is 22.6. The lowest BCUT2D eigenvalue weighted by Crippen LogP contribution is -2.43. The molecule has 2 bridgehead atoms. The molecule has 2 aromatic heterocycles. The van der Waals surface area contributed by atoms with Gasteiger partial charge in [-0.3, -0.25) is 4.98 Å². The van der Waals surface area contributed by atoms with Crippen LogP contribution in [0, 0.1) is 0 Å². The maximum atomic E-state index is 5.14. The molecule has 66 heavy (non-hydrogen) atoms. The Morgan fingerprint density at radius 2 is 0.773 bits per heavy atom. The second-order valence-corrected chi connectivity index (χ2v) is 17.4. The molecule has 0 amide bonds. The highest BCUT2D eigenvalue weighted by Gasteiger charge is 2.52. The van der Waals surface area contributed by atoms with Crippen LogP contribution in [0.5, 0.6) is 0 Å². The summed E-state index contributed by atoms with van der Waals surface area (Å²) in [4.78, 5) is 19.6. The highest BCUT2D eigenvalue weighted by molar-refractivity contribution is 5.87. The molecule has 4 nitrogen and oxygen atoms in total. The van der Waals surface area contributed by atoms with Crippen molar-refractivity contribution in [3.63, 3.8) is 0 Å². The number of hydrogen-bond acceptors (Lipinski definition) is 4. The van der Waals surface area contributed by atoms with E-state index in [2.05, 4.69) is 169 Å². The van der Waals surface area contributed by atoms with Crippen molar-refractivity contribution in [3.8, 4) is 67.5 Å². The zero-order valence-corrected chi connectivity index (χ0v) is 35.9. The van der Waals surface area contributed by atoms with Gasteiger partial charge in [-0.25, -0.2) is 15.0 Å². The fourth-order valence-electron chi connectivity index (χ4n) is 10.8. The van der Waals surface area contributed by atoms with E-state index in [0.29, 0.717) is 17.5 Å². The van der Waals surface area contributed by atoms with Crippen molar-refractivity contribution >= 4 is 10.8 Å². The van der Waals surface area contributed by atoms with Crippen molar-refractivity contribution in [2.24, 2.45) is 0 Å². The van der Waals surface area contributed by atoms with Crippen LogP contribution in [-0.4, -0.2) is 19.9 Å². The van der Waals surface area contributed by atoms with Gasteiger partial charge in [-0.05, 0) is 132 Å². The maximum Gasteiger partial charge on any atom is 0.164 e. The first kappa shape index (κ1) is 37.9. The van der Waals surface area contributed by atoms with Crippen LogP contribution < -0.4 is 0 Å². The molecule has 0 spiro atoms. The molecule has 4 heteroatoms. The van der Waals surface area contributed by atoms with Crippen LogP contribution in [0.25, 0.3) is 78.3 Å². The third-order valence-electron chi connectivity index (χ3n) is 13.7. The molecule has 0 radical (unpaired) electrons. The zero-order valence-electron chi connectivity index (χ0n) is 35.9. The van der Waals surface area contributed by atoms with Crippen molar-refractivity contribution in [3.05, 3.63) is 276 Å². The lowest BCUT2D eigenvalue weighted by molar-refractivity contribution is 0.630. The predicted molar refractivity (Wildman–Crippen MR) is 267 cm³/mol. The highest BCUT2D eigenvalue weighted by Crippen LogP contribution is 2.62. The van der Waals surface area contributed by atoms with Crippen LogP contribution in [0.2, 0.25) is 0 Å². The lowest BCUT2D eigenvalue weighted by Gasteiger charge is -2.51. The molecule has 14 rings (SSSR count). The predicted octanol–water partition coefficient (Wildman–Crippen LogP) is 14.6. The van der Waals surface area contributed by atoms with Gasteiger partial charge < -0.3 is 0 Å². The zero-order chi connectivity index (χ0) is 43.6. The van der Waals surface area contributed by atoms with Gasteiger partial charge in [0, 0.05) is 35.0 Å². The summed E-state index contributed by atoms with van der Waals surface area (Å²) in [5.74, 6) is 2.03. The fourth-order valence-corrected chi connectivity index (χ4v) is 10.8. The summed E-state index contributed by atoms with van der Waals surface area (Å²) in [5, 5.41) is 2.49. The quantitative estimate of drug-likeness (QED) is 0.160. The van der Waals surface area contributed by atoms with E-state index in [1.165, 1.54) is 55.3 Å². The molecular weight excluding hydrogens is 801 g/mol. The molecule has 0 saturated carbocycles. The number of pyridine rings is 1. The summed E-state index contributed by atoms with van der Waals surface area (Å²) < 4.78 is 0. The molecular formula is C62H40N4. The molecule has 0 atom stereocenters. The van der Waals surface area contributed by atoms with Crippen molar-refractivity contribution in [2.45, 2.75) is 11.3 Å². The van der Waals surface area contributed by atoms with Crippen LogP contribution in [0.3, 0.4) is 0 Å². The second kappa shape index (κ2) is 15.3. The number of fused-ring (bicyclic) bond motifs is 1. The van der Waals surface area contributed by atoms with Gasteiger partial charge in [-0.2, -0.15) is 0 Å². The summed E-state index contributed by atoms with van der Waals surface area (Å²) >= 11 is 0. The highest BCUT2D eigenvalue weighted by atomic mass is 15.0. The number of aromatic nitrogens is 4. The number of rotatable bonds is 7. The van der Waals surface area contributed by atoms with Gasteiger partial charge in [0.05, 0.1) is 5.41 Å². The molecule has 2 heterocycles. The minimum absolute atomic E-state index is 0.157. The van der Waals surface area contributed by atoms with Gasteiger partial charge in [0.1, 0.15) is 0 Å². The first-order valence-electron chi connectivity index (χ1n) is 22.6. The normalized spacial score (nSPS) is 15.5. The van der Waals surface area contributed by atoms with Gasteiger partial charge in [0.2, 0.25) is 0 Å². The number of nitrogens with zero attached hydrogens (tertiary/aromatic N) is 4. The first-order chi connectivity index (χ1) is 32.7. The molecule has 11 aromatic rings. The Morgan fingerprint density at radius 3 is 1.44 bits per heavy atom. The third kappa shape index (κ3) is 6.07. The van der Waals surface area contributed by atoms with Gasteiger partial charge in [-0.15, -0.1) is 0 Å². The van der Waals surface area contributed by atoms with Gasteiger partial charge in [-0.1, -0.05) is 176 Å². The maximum absolute atomic E-state index is 5.14. The average molecular weight is 841 g/mol. The Bertz CT molecular complexity index is 3550. The Balaban J connectivity index is 0.984. The summed E-state index contributed by atoms with van der Waals surface area (Å²) in [6.45, 7) is 0. The van der Waals surface area contributed by atoms with E-state index in [9.17, 15) is 0 Å². The van der Waals surface area contributed by atoms with Crippen molar-refractivity contribution < 1.29 is 0 Å². The topological polar surface area (TPSA) is 51.6 Å². The molecule has 3 aliphatic carbocycles. The molecule has 308 valence electrons. The van der Waals surface area contributed by atoms with E-state index < -0.39 is 5.41 Å². The molecule has 0 N–H and O–H groups in total. The Morgan fingerprint density at radius 1 is 0.288 bits per heavy atom. The van der Waals surface area contributed by atoms with E-state index in [1.54, 1.807) is 0 Å². The largest absolute Gasteiger partial charge is 0.265 e. The standard InChI is InChI=1S/C62H40N4/c1-3-15-42(16-4-1)59-64-60(43-17-5-2-6-18-43)66-61(65-59)50-36-48(41-30-32-63-33-31-41)35-49(37-50)45-21-13-20-44(34-45)47-27-29-54-57(39-47)62(51-28-26-40-14-7-8-19-46(40)38-51)55-24-11-9-22-52(55)58(54)53-23-10-12-25-56(53)62/h1-39,58H. The number of benzene rings is 9. The Kier molecular flexibility index (Phi) is 8.78. The molecule has 0 unspecified atom stereocenters. The Labute approximate surface area is 383 Å². The van der Waals surface area contributed by atoms with Crippen LogP contribution in [0.4, 0.5) is 0 Å². The minimum Gasteiger partial charge on any atom is -0.265 e. The molecule has 9 aromatic carbocycles. The van der Waals surface area contributed by atoms with E-state index in [0.717, 1.165) is 44.5 Å². The minimum atomic E-state index is -0.496. The smallest absolute Gasteiger partial charge is 0.164 e. The van der Waals surface area contributed by atoms with Gasteiger partial charge >= 0.3 is 0 Å². The van der Waals surface area contributed by atoms with Gasteiger partial charge in [0.15, 0.2) is 17.5 Å². The molecule has 0 saturated heterocycles. The van der Waals surface area contributed by atoms with E-state index in [-0.39, 0.29) is 5.92 Å². The summed E-state index contributed by atoms with van der Waals surface area (Å²) in [6, 6.07) is 81.4. The lowest BCUT2D eigenvalue weighted by atomic mass is 9.50. The van der Waals surface area contributed by atoms with Crippen LogP contribution >= 0.6 is 0 Å². The van der Waals surface area contributed by atoms with E-state index in [1.807, 2.05) is 73.1 Å². The fraction of sp³-hybridized carbons (Fsp3) is 0.0323. The van der Waals surface area contributed by atoms with Crippen LogP contribution in [0.1, 0.15) is 44.9 Å². The molecule has 0 fully saturated rings. The summed E-state index contributed by atoms with van der Waals surface area (Å²) in [6.07, 6.45) is 3.69. The third-order valence-corrected chi connectivity index (χ3v) is 13.7. The van der Waals surface area contributed by atoms with Gasteiger partial charge in [0.25, 0.3) is 0 Å². The van der Waals surface area contributed by atoms with Crippen molar-refractivity contribution in [1.82, 2.24) is 19.9 Å². The molecule has 3 aliphatic rings.